The van der Waals surface area contributed by atoms with E-state index >= 15 is 0 Å². The fraction of sp³-hybridized carbons (Fsp3) is 0.556. The van der Waals surface area contributed by atoms with Gasteiger partial charge in [0.1, 0.15) is 5.75 Å². The largest absolute Gasteiger partial charge is 0.497 e. The van der Waals surface area contributed by atoms with Crippen LogP contribution in [0.2, 0.25) is 0 Å². The number of primary amides is 1. The van der Waals surface area contributed by atoms with Gasteiger partial charge in [-0.1, -0.05) is 12.1 Å². The smallest absolute Gasteiger partial charge is 0.237 e. The van der Waals surface area contributed by atoms with Gasteiger partial charge < -0.3 is 15.4 Å². The minimum atomic E-state index is -0.221. The number of nitrogens with zero attached hydrogens (tertiary/aromatic N) is 2. The molecule has 0 saturated carbocycles. The normalized spacial score (nSPS) is 22.0. The number of hydrogen-bond acceptors (Lipinski definition) is 4. The second-order valence-electron chi connectivity index (χ2n) is 6.62. The maximum atomic E-state index is 12.6. The molecule has 2 heterocycles. The van der Waals surface area contributed by atoms with E-state index in [0.717, 1.165) is 50.2 Å². The Kier molecular flexibility index (Phi) is 5.04. The van der Waals surface area contributed by atoms with Crippen LogP contribution in [0.5, 0.6) is 5.75 Å². The highest BCUT2D eigenvalue weighted by molar-refractivity contribution is 5.80. The summed E-state index contributed by atoms with van der Waals surface area (Å²) in [6.07, 6.45) is 2.49. The van der Waals surface area contributed by atoms with Gasteiger partial charge in [-0.15, -0.1) is 0 Å². The van der Waals surface area contributed by atoms with Crippen molar-refractivity contribution < 1.29 is 14.3 Å². The lowest BCUT2D eigenvalue weighted by molar-refractivity contribution is -0.140. The summed E-state index contributed by atoms with van der Waals surface area (Å²) in [6.45, 7) is 2.75. The zero-order chi connectivity index (χ0) is 17.1. The lowest BCUT2D eigenvalue weighted by Gasteiger charge is -2.43. The van der Waals surface area contributed by atoms with E-state index < -0.39 is 0 Å². The van der Waals surface area contributed by atoms with Crippen LogP contribution in [-0.2, 0) is 9.59 Å². The van der Waals surface area contributed by atoms with Crippen molar-refractivity contribution in [3.8, 4) is 5.75 Å². The molecule has 130 valence electrons. The molecule has 0 radical (unpaired) electrons. The van der Waals surface area contributed by atoms with E-state index in [1.807, 2.05) is 29.2 Å². The molecule has 2 fully saturated rings. The molecule has 3 rings (SSSR count). The molecule has 2 amide bonds. The fourth-order valence-corrected chi connectivity index (χ4v) is 3.54. The molecule has 2 N–H and O–H groups in total. The highest BCUT2D eigenvalue weighted by Gasteiger charge is 2.34. The number of piperidine rings is 1. The zero-order valence-electron chi connectivity index (χ0n) is 14.1. The molecule has 2 aliphatic rings. The van der Waals surface area contributed by atoms with Gasteiger partial charge in [0.05, 0.1) is 19.7 Å². The second kappa shape index (κ2) is 7.21. The molecule has 24 heavy (non-hydrogen) atoms. The van der Waals surface area contributed by atoms with Gasteiger partial charge in [0.2, 0.25) is 11.8 Å². The van der Waals surface area contributed by atoms with Gasteiger partial charge in [0.25, 0.3) is 0 Å². The van der Waals surface area contributed by atoms with Gasteiger partial charge in [-0.05, 0) is 50.0 Å². The summed E-state index contributed by atoms with van der Waals surface area (Å²) >= 11 is 0. The van der Waals surface area contributed by atoms with Crippen LogP contribution >= 0.6 is 0 Å². The Labute approximate surface area is 142 Å². The molecule has 0 bridgehead atoms. The predicted molar refractivity (Wildman–Crippen MR) is 90.4 cm³/mol. The predicted octanol–water partition coefficient (Wildman–Crippen LogP) is 1.17. The van der Waals surface area contributed by atoms with Gasteiger partial charge in [-0.2, -0.15) is 0 Å². The number of amides is 2. The SMILES string of the molecule is COc1cccc(C2CCN2C(=O)CN2CCC(C(N)=O)CC2)c1. The number of rotatable bonds is 5. The van der Waals surface area contributed by atoms with Gasteiger partial charge >= 0.3 is 0 Å². The maximum Gasteiger partial charge on any atom is 0.237 e. The van der Waals surface area contributed by atoms with E-state index in [9.17, 15) is 9.59 Å². The fourth-order valence-electron chi connectivity index (χ4n) is 3.54. The number of ether oxygens (including phenoxy) is 1. The quantitative estimate of drug-likeness (QED) is 0.879. The molecule has 2 aliphatic heterocycles. The molecule has 0 aromatic heterocycles. The van der Waals surface area contributed by atoms with E-state index in [1.165, 1.54) is 0 Å². The average molecular weight is 331 g/mol. The third kappa shape index (κ3) is 3.53. The molecule has 1 atom stereocenters. The highest BCUT2D eigenvalue weighted by atomic mass is 16.5. The Morgan fingerprint density at radius 3 is 2.54 bits per heavy atom. The minimum Gasteiger partial charge on any atom is -0.497 e. The number of likely N-dealkylation sites (tertiary alicyclic amines) is 2. The first-order valence-electron chi connectivity index (χ1n) is 8.53. The summed E-state index contributed by atoms with van der Waals surface area (Å²) in [5.74, 6) is 0.721. The third-order valence-corrected chi connectivity index (χ3v) is 5.17. The Morgan fingerprint density at radius 1 is 1.21 bits per heavy atom. The molecular weight excluding hydrogens is 306 g/mol. The van der Waals surface area contributed by atoms with E-state index in [4.69, 9.17) is 10.5 Å². The van der Waals surface area contributed by atoms with Crippen molar-refractivity contribution >= 4 is 11.8 Å². The van der Waals surface area contributed by atoms with Crippen molar-refractivity contribution in [3.05, 3.63) is 29.8 Å². The number of carbonyl (C=O) groups is 2. The first-order chi connectivity index (χ1) is 11.6. The van der Waals surface area contributed by atoms with Crippen molar-refractivity contribution in [2.75, 3.05) is 33.3 Å². The van der Waals surface area contributed by atoms with Gasteiger partial charge in [-0.3, -0.25) is 14.5 Å². The van der Waals surface area contributed by atoms with Gasteiger partial charge in [0, 0.05) is 12.5 Å². The van der Waals surface area contributed by atoms with Gasteiger partial charge in [-0.25, -0.2) is 0 Å². The second-order valence-corrected chi connectivity index (χ2v) is 6.62. The van der Waals surface area contributed by atoms with E-state index in [1.54, 1.807) is 7.11 Å². The first-order valence-corrected chi connectivity index (χ1v) is 8.53. The lowest BCUT2D eigenvalue weighted by Crippen LogP contribution is -2.50. The van der Waals surface area contributed by atoms with Crippen LogP contribution in [0.4, 0.5) is 0 Å². The number of carbonyl (C=O) groups excluding carboxylic acids is 2. The summed E-state index contributed by atoms with van der Waals surface area (Å²) in [5, 5.41) is 0. The molecule has 6 heteroatoms. The van der Waals surface area contributed by atoms with Crippen molar-refractivity contribution in [1.29, 1.82) is 0 Å². The summed E-state index contributed by atoms with van der Waals surface area (Å²) in [6, 6.07) is 8.07. The van der Waals surface area contributed by atoms with Crippen molar-refractivity contribution in [3.63, 3.8) is 0 Å². The van der Waals surface area contributed by atoms with E-state index in [2.05, 4.69) is 4.90 Å². The van der Waals surface area contributed by atoms with Crippen LogP contribution in [0.25, 0.3) is 0 Å². The molecule has 0 spiro atoms. The number of hydrogen-bond donors (Lipinski definition) is 1. The third-order valence-electron chi connectivity index (χ3n) is 5.17. The zero-order valence-corrected chi connectivity index (χ0v) is 14.1. The number of benzene rings is 1. The molecule has 0 aliphatic carbocycles. The average Bonchev–Trinajstić information content (AvgIpc) is 2.54. The van der Waals surface area contributed by atoms with E-state index in [0.29, 0.717) is 6.54 Å². The summed E-state index contributed by atoms with van der Waals surface area (Å²) in [5.41, 5.74) is 6.48. The minimum absolute atomic E-state index is 0.0371. The summed E-state index contributed by atoms with van der Waals surface area (Å²) in [7, 11) is 1.65. The van der Waals surface area contributed by atoms with Crippen LogP contribution in [0.3, 0.4) is 0 Å². The van der Waals surface area contributed by atoms with Crippen LogP contribution in [0.15, 0.2) is 24.3 Å². The van der Waals surface area contributed by atoms with Crippen molar-refractivity contribution in [2.45, 2.75) is 25.3 Å². The Morgan fingerprint density at radius 2 is 1.96 bits per heavy atom. The highest BCUT2D eigenvalue weighted by Crippen LogP contribution is 2.34. The molecule has 6 nitrogen and oxygen atoms in total. The first kappa shape index (κ1) is 16.8. The Hall–Kier alpha value is -2.08. The van der Waals surface area contributed by atoms with Crippen LogP contribution in [-0.4, -0.2) is 54.9 Å². The van der Waals surface area contributed by atoms with Crippen molar-refractivity contribution in [1.82, 2.24) is 9.80 Å². The molecule has 2 saturated heterocycles. The molecule has 1 aromatic rings. The van der Waals surface area contributed by atoms with Crippen LogP contribution < -0.4 is 10.5 Å². The van der Waals surface area contributed by atoms with Crippen LogP contribution in [0.1, 0.15) is 30.9 Å². The number of methoxy groups -OCH3 is 1. The van der Waals surface area contributed by atoms with Crippen LogP contribution in [0, 0.1) is 5.92 Å². The molecule has 1 aromatic carbocycles. The van der Waals surface area contributed by atoms with Crippen molar-refractivity contribution in [2.24, 2.45) is 11.7 Å². The summed E-state index contributed by atoms with van der Waals surface area (Å²) < 4.78 is 5.27. The number of nitrogens with two attached hydrogens (primary N) is 1. The van der Waals surface area contributed by atoms with E-state index in [-0.39, 0.29) is 23.8 Å². The lowest BCUT2D eigenvalue weighted by atomic mass is 9.94. The van der Waals surface area contributed by atoms with Gasteiger partial charge in [0.15, 0.2) is 0 Å². The summed E-state index contributed by atoms with van der Waals surface area (Å²) in [4.78, 5) is 27.9. The topological polar surface area (TPSA) is 75.9 Å². The molecule has 1 unspecified atom stereocenters. The Balaban J connectivity index is 1.55. The standard InChI is InChI=1S/C18H25N3O3/c1-24-15-4-2-3-14(11-15)16-7-10-21(16)17(22)12-20-8-5-13(6-9-20)18(19)23/h2-4,11,13,16H,5-10,12H2,1H3,(H2,19,23). The monoisotopic (exact) mass is 331 g/mol. The molecular formula is C18H25N3O3. The maximum absolute atomic E-state index is 12.6. The Bertz CT molecular complexity index is 611.